The van der Waals surface area contributed by atoms with Crippen molar-refractivity contribution < 1.29 is 9.90 Å². The van der Waals surface area contributed by atoms with E-state index in [0.29, 0.717) is 11.6 Å². The van der Waals surface area contributed by atoms with Crippen LogP contribution in [0.2, 0.25) is 0 Å². The van der Waals surface area contributed by atoms with Gasteiger partial charge in [0.2, 0.25) is 0 Å². The Hall–Kier alpha value is -1.34. The first-order valence-corrected chi connectivity index (χ1v) is 7.34. The van der Waals surface area contributed by atoms with E-state index in [1.54, 1.807) is 6.92 Å². The number of carbonyl (C=O) groups is 1. The molecule has 0 saturated heterocycles. The molecule has 0 bridgehead atoms. The fraction of sp³-hybridized carbons (Fsp3) is 0.615. The number of hydrogen-bond acceptors (Lipinski definition) is 5. The number of nitrogens with one attached hydrogen (secondary N) is 2. The van der Waals surface area contributed by atoms with Gasteiger partial charge in [0.25, 0.3) is 5.56 Å². The second-order valence-electron chi connectivity index (χ2n) is 5.31. The molecule has 3 N–H and O–H groups in total. The number of aliphatic carboxylic acids is 1. The van der Waals surface area contributed by atoms with E-state index in [1.165, 1.54) is 24.0 Å². The van der Waals surface area contributed by atoms with Crippen molar-refractivity contribution in [2.45, 2.75) is 56.1 Å². The highest BCUT2D eigenvalue weighted by molar-refractivity contribution is 7.99. The Bertz CT molecular complexity index is 518. The minimum absolute atomic E-state index is 0.00657. The van der Waals surface area contributed by atoms with Crippen molar-refractivity contribution in [3.63, 3.8) is 0 Å². The van der Waals surface area contributed by atoms with Gasteiger partial charge in [0.1, 0.15) is 5.54 Å². The number of hydrogen-bond donors (Lipinski definition) is 3. The summed E-state index contributed by atoms with van der Waals surface area (Å²) in [6.45, 7) is 7.42. The van der Waals surface area contributed by atoms with Gasteiger partial charge < -0.3 is 10.1 Å². The molecule has 112 valence electrons. The zero-order chi connectivity index (χ0) is 15.3. The molecular weight excluding hydrogens is 278 g/mol. The molecule has 2 unspecified atom stereocenters. The number of rotatable bonds is 7. The highest BCUT2D eigenvalue weighted by Gasteiger charge is 2.35. The van der Waals surface area contributed by atoms with Gasteiger partial charge in [-0.1, -0.05) is 18.7 Å². The van der Waals surface area contributed by atoms with Gasteiger partial charge in [-0.2, -0.15) is 0 Å². The van der Waals surface area contributed by atoms with Gasteiger partial charge in [0.05, 0.1) is 0 Å². The fourth-order valence-electron chi connectivity index (χ4n) is 2.06. The van der Waals surface area contributed by atoms with Crippen molar-refractivity contribution >= 4 is 17.7 Å². The topological polar surface area (TPSA) is 95.1 Å². The molecule has 1 heterocycles. The lowest BCUT2D eigenvalue weighted by atomic mass is 9.95. The molecule has 0 aliphatic rings. The molecule has 7 heteroatoms. The van der Waals surface area contributed by atoms with Gasteiger partial charge in [-0.25, -0.2) is 4.98 Å². The molecule has 0 amide bonds. The number of nitrogens with zero attached hydrogens (tertiary/aromatic N) is 1. The van der Waals surface area contributed by atoms with E-state index >= 15 is 0 Å². The van der Waals surface area contributed by atoms with E-state index < -0.39 is 11.5 Å². The van der Waals surface area contributed by atoms with Gasteiger partial charge in [-0.05, 0) is 27.2 Å². The Labute approximate surface area is 122 Å². The Morgan fingerprint density at radius 1 is 1.55 bits per heavy atom. The second kappa shape index (κ2) is 6.90. The van der Waals surface area contributed by atoms with Gasteiger partial charge in [-0.15, -0.1) is 0 Å². The summed E-state index contributed by atoms with van der Waals surface area (Å²) in [6, 6.07) is 1.42. The number of carboxylic acids is 1. The second-order valence-corrected chi connectivity index (χ2v) is 6.74. The van der Waals surface area contributed by atoms with E-state index in [0.717, 1.165) is 0 Å². The summed E-state index contributed by atoms with van der Waals surface area (Å²) in [5, 5.41) is 13.0. The largest absolute Gasteiger partial charge is 0.480 e. The molecule has 0 radical (unpaired) electrons. The summed E-state index contributed by atoms with van der Waals surface area (Å²) in [5.74, 6) is -0.881. The first kappa shape index (κ1) is 16.7. The van der Waals surface area contributed by atoms with Crippen molar-refractivity contribution in [3.05, 3.63) is 22.6 Å². The van der Waals surface area contributed by atoms with Crippen LogP contribution in [0.3, 0.4) is 0 Å². The van der Waals surface area contributed by atoms with Crippen LogP contribution in [0.5, 0.6) is 0 Å². The summed E-state index contributed by atoms with van der Waals surface area (Å²) in [4.78, 5) is 29.3. The van der Waals surface area contributed by atoms with Crippen molar-refractivity contribution in [2.24, 2.45) is 0 Å². The van der Waals surface area contributed by atoms with E-state index in [4.69, 9.17) is 0 Å². The molecule has 0 aliphatic carbocycles. The van der Waals surface area contributed by atoms with Crippen LogP contribution in [0.1, 0.15) is 34.1 Å². The summed E-state index contributed by atoms with van der Waals surface area (Å²) in [5.41, 5.74) is -1.22. The van der Waals surface area contributed by atoms with Crippen LogP contribution in [0, 0.1) is 0 Å². The molecule has 1 aromatic heterocycles. The van der Waals surface area contributed by atoms with Crippen LogP contribution in [0.4, 0.5) is 0 Å². The molecule has 20 heavy (non-hydrogen) atoms. The van der Waals surface area contributed by atoms with Gasteiger partial charge >= 0.3 is 5.97 Å². The van der Waals surface area contributed by atoms with Crippen LogP contribution in [-0.2, 0) is 4.79 Å². The van der Waals surface area contributed by atoms with Crippen LogP contribution in [-0.4, -0.2) is 37.9 Å². The third kappa shape index (κ3) is 4.97. The lowest BCUT2D eigenvalue weighted by Gasteiger charge is -2.30. The quantitative estimate of drug-likeness (QED) is 0.521. The number of aromatic amines is 1. The van der Waals surface area contributed by atoms with E-state index in [1.807, 2.05) is 20.8 Å². The first-order valence-electron chi connectivity index (χ1n) is 6.46. The van der Waals surface area contributed by atoms with Crippen molar-refractivity contribution in [1.82, 2.24) is 15.3 Å². The molecule has 2 atom stereocenters. The number of carboxylic acid groups (broad SMARTS) is 1. The molecule has 0 aliphatic heterocycles. The lowest BCUT2D eigenvalue weighted by molar-refractivity contribution is -0.144. The minimum Gasteiger partial charge on any atom is -0.480 e. The summed E-state index contributed by atoms with van der Waals surface area (Å²) in [6.07, 6.45) is 1.86. The SMILES string of the molecule is CC(C)NC(C)(CC(C)Sc1nccc(=O)[nH]1)C(=O)O. The lowest BCUT2D eigenvalue weighted by Crippen LogP contribution is -2.53. The smallest absolute Gasteiger partial charge is 0.323 e. The third-order valence-electron chi connectivity index (χ3n) is 2.74. The molecular formula is C13H21N3O3S. The highest BCUT2D eigenvalue weighted by atomic mass is 32.2. The van der Waals surface area contributed by atoms with E-state index in [9.17, 15) is 14.7 Å². The molecule has 0 fully saturated rings. The molecule has 1 rings (SSSR count). The first-order chi connectivity index (χ1) is 9.23. The number of aromatic nitrogens is 2. The maximum atomic E-state index is 11.5. The Morgan fingerprint density at radius 2 is 2.20 bits per heavy atom. The molecule has 6 nitrogen and oxygen atoms in total. The Kier molecular flexibility index (Phi) is 5.76. The predicted octanol–water partition coefficient (Wildman–Crippen LogP) is 1.48. The van der Waals surface area contributed by atoms with Crippen molar-refractivity contribution in [3.8, 4) is 0 Å². The summed E-state index contributed by atoms with van der Waals surface area (Å²) in [7, 11) is 0. The normalized spacial score (nSPS) is 15.8. The molecule has 0 aromatic carbocycles. The van der Waals surface area contributed by atoms with E-state index in [2.05, 4.69) is 15.3 Å². The van der Waals surface area contributed by atoms with Crippen LogP contribution >= 0.6 is 11.8 Å². The summed E-state index contributed by atoms with van der Waals surface area (Å²) < 4.78 is 0. The highest BCUT2D eigenvalue weighted by Crippen LogP contribution is 2.26. The molecule has 0 spiro atoms. The maximum Gasteiger partial charge on any atom is 0.323 e. The van der Waals surface area contributed by atoms with Crippen LogP contribution in [0.25, 0.3) is 0 Å². The van der Waals surface area contributed by atoms with Crippen LogP contribution < -0.4 is 10.9 Å². The summed E-state index contributed by atoms with van der Waals surface area (Å²) >= 11 is 1.36. The van der Waals surface area contributed by atoms with Crippen molar-refractivity contribution in [2.75, 3.05) is 0 Å². The van der Waals surface area contributed by atoms with E-state index in [-0.39, 0.29) is 16.9 Å². The fourth-order valence-corrected chi connectivity index (χ4v) is 3.14. The zero-order valence-corrected chi connectivity index (χ0v) is 13.0. The van der Waals surface area contributed by atoms with Crippen LogP contribution in [0.15, 0.2) is 22.2 Å². The minimum atomic E-state index is -1.00. The Morgan fingerprint density at radius 3 is 2.70 bits per heavy atom. The predicted molar refractivity (Wildman–Crippen MR) is 79.1 cm³/mol. The van der Waals surface area contributed by atoms with Gasteiger partial charge in [0, 0.05) is 23.6 Å². The number of H-pyrrole nitrogens is 1. The third-order valence-corrected chi connectivity index (χ3v) is 3.74. The molecule has 1 aromatic rings. The van der Waals surface area contributed by atoms with Crippen molar-refractivity contribution in [1.29, 1.82) is 0 Å². The Balaban J connectivity index is 2.74. The zero-order valence-electron chi connectivity index (χ0n) is 12.1. The average molecular weight is 299 g/mol. The monoisotopic (exact) mass is 299 g/mol. The van der Waals surface area contributed by atoms with Gasteiger partial charge in [-0.3, -0.25) is 14.9 Å². The average Bonchev–Trinajstić information content (AvgIpc) is 2.26. The maximum absolute atomic E-state index is 11.5. The number of thioether (sulfide) groups is 1. The standard InChI is InChI=1S/C13H21N3O3S/c1-8(2)16-13(4,11(18)19)7-9(3)20-12-14-6-5-10(17)15-12/h5-6,8-9,16H,7H2,1-4H3,(H,18,19)(H,14,15,17). The molecule has 0 saturated carbocycles. The van der Waals surface area contributed by atoms with Gasteiger partial charge in [0.15, 0.2) is 5.16 Å².